The van der Waals surface area contributed by atoms with Crippen LogP contribution in [0.4, 0.5) is 0 Å². The highest BCUT2D eigenvalue weighted by atomic mass is 16.1. The maximum atomic E-state index is 11.1. The van der Waals surface area contributed by atoms with E-state index >= 15 is 0 Å². The van der Waals surface area contributed by atoms with Crippen molar-refractivity contribution in [3.05, 3.63) is 41.5 Å². The van der Waals surface area contributed by atoms with Crippen molar-refractivity contribution in [3.8, 4) is 11.1 Å². The minimum absolute atomic E-state index is 0.435. The number of aromatic amines is 1. The lowest BCUT2D eigenvalue weighted by Crippen LogP contribution is -2.12. The lowest BCUT2D eigenvalue weighted by Gasteiger charge is -2.04. The molecular weight excluding hydrogens is 202 g/mol. The minimum atomic E-state index is -0.435. The summed E-state index contributed by atoms with van der Waals surface area (Å²) in [4.78, 5) is 18.1. The van der Waals surface area contributed by atoms with E-state index in [1.807, 2.05) is 19.9 Å². The van der Waals surface area contributed by atoms with E-state index in [1.54, 1.807) is 18.6 Å². The van der Waals surface area contributed by atoms with Gasteiger partial charge in [0.15, 0.2) is 0 Å². The van der Waals surface area contributed by atoms with Gasteiger partial charge in [-0.05, 0) is 36.6 Å². The quantitative estimate of drug-likeness (QED) is 0.801. The van der Waals surface area contributed by atoms with Gasteiger partial charge in [-0.2, -0.15) is 0 Å². The van der Waals surface area contributed by atoms with E-state index in [-0.39, 0.29) is 0 Å². The molecule has 0 aliphatic rings. The zero-order chi connectivity index (χ0) is 11.7. The number of hydrogen-bond donors (Lipinski definition) is 2. The van der Waals surface area contributed by atoms with E-state index < -0.39 is 5.91 Å². The summed E-state index contributed by atoms with van der Waals surface area (Å²) in [6.07, 6.45) is 5.34. The monoisotopic (exact) mass is 215 g/mol. The Morgan fingerprint density at radius 1 is 1.38 bits per heavy atom. The minimum Gasteiger partial charge on any atom is -0.364 e. The molecule has 4 heteroatoms. The summed E-state index contributed by atoms with van der Waals surface area (Å²) in [7, 11) is 0. The average molecular weight is 215 g/mol. The van der Waals surface area contributed by atoms with Gasteiger partial charge in [0.05, 0.1) is 0 Å². The molecule has 0 bridgehead atoms. The lowest BCUT2D eigenvalue weighted by molar-refractivity contribution is 0.0995. The number of hydrogen-bond acceptors (Lipinski definition) is 2. The molecule has 0 radical (unpaired) electrons. The topological polar surface area (TPSA) is 71.8 Å². The number of aromatic nitrogens is 2. The van der Waals surface area contributed by atoms with Gasteiger partial charge in [0.25, 0.3) is 5.91 Å². The molecule has 0 fully saturated rings. The Balaban J connectivity index is 2.58. The van der Waals surface area contributed by atoms with Crippen LogP contribution in [-0.2, 0) is 0 Å². The molecule has 2 aromatic rings. The predicted molar refractivity (Wildman–Crippen MR) is 62.0 cm³/mol. The Morgan fingerprint density at radius 3 is 2.69 bits per heavy atom. The van der Waals surface area contributed by atoms with E-state index in [0.717, 1.165) is 22.3 Å². The Kier molecular flexibility index (Phi) is 2.48. The first-order valence-electron chi connectivity index (χ1n) is 5.00. The van der Waals surface area contributed by atoms with Crippen molar-refractivity contribution >= 4 is 5.91 Å². The van der Waals surface area contributed by atoms with Crippen LogP contribution in [-0.4, -0.2) is 15.9 Å². The molecule has 82 valence electrons. The maximum absolute atomic E-state index is 11.1. The molecule has 3 N–H and O–H groups in total. The van der Waals surface area contributed by atoms with Gasteiger partial charge in [-0.1, -0.05) is 0 Å². The van der Waals surface area contributed by atoms with Crippen molar-refractivity contribution in [2.75, 3.05) is 0 Å². The highest BCUT2D eigenvalue weighted by Crippen LogP contribution is 2.27. The number of pyridine rings is 1. The van der Waals surface area contributed by atoms with Crippen LogP contribution >= 0.6 is 0 Å². The molecule has 0 aliphatic carbocycles. The van der Waals surface area contributed by atoms with Gasteiger partial charge in [-0.25, -0.2) is 0 Å². The molecular formula is C12H13N3O. The molecule has 4 nitrogen and oxygen atoms in total. The standard InChI is InChI=1S/C12H13N3O/c1-7-5-14-4-3-9(7)10-6-15-11(8(10)2)12(13)16/h3-6,15H,1-2H3,(H2,13,16). The second-order valence-corrected chi connectivity index (χ2v) is 3.76. The number of nitrogens with zero attached hydrogens (tertiary/aromatic N) is 1. The Morgan fingerprint density at radius 2 is 2.12 bits per heavy atom. The van der Waals surface area contributed by atoms with Crippen molar-refractivity contribution in [1.29, 1.82) is 0 Å². The third-order valence-corrected chi connectivity index (χ3v) is 2.70. The van der Waals surface area contributed by atoms with Gasteiger partial charge >= 0.3 is 0 Å². The van der Waals surface area contributed by atoms with Crippen molar-refractivity contribution in [2.45, 2.75) is 13.8 Å². The molecule has 2 rings (SSSR count). The second kappa shape index (κ2) is 3.81. The number of primary amides is 1. The van der Waals surface area contributed by atoms with Crippen LogP contribution in [0, 0.1) is 13.8 Å². The first-order chi connectivity index (χ1) is 7.61. The molecule has 0 saturated carbocycles. The Hall–Kier alpha value is -2.10. The van der Waals surface area contributed by atoms with Crippen LogP contribution in [0.25, 0.3) is 11.1 Å². The molecule has 0 unspecified atom stereocenters. The summed E-state index contributed by atoms with van der Waals surface area (Å²) in [5.41, 5.74) is 9.73. The smallest absolute Gasteiger partial charge is 0.265 e. The van der Waals surface area contributed by atoms with Crippen molar-refractivity contribution in [2.24, 2.45) is 5.73 Å². The number of nitrogens with two attached hydrogens (primary N) is 1. The molecule has 0 aromatic carbocycles. The summed E-state index contributed by atoms with van der Waals surface area (Å²) in [5, 5.41) is 0. The Labute approximate surface area is 93.5 Å². The number of aryl methyl sites for hydroxylation is 1. The second-order valence-electron chi connectivity index (χ2n) is 3.76. The van der Waals surface area contributed by atoms with Gasteiger partial charge in [-0.3, -0.25) is 9.78 Å². The van der Waals surface area contributed by atoms with Crippen LogP contribution in [0.1, 0.15) is 21.6 Å². The van der Waals surface area contributed by atoms with Crippen molar-refractivity contribution in [3.63, 3.8) is 0 Å². The summed E-state index contributed by atoms with van der Waals surface area (Å²) < 4.78 is 0. The summed E-state index contributed by atoms with van der Waals surface area (Å²) >= 11 is 0. The van der Waals surface area contributed by atoms with Crippen molar-refractivity contribution in [1.82, 2.24) is 9.97 Å². The zero-order valence-electron chi connectivity index (χ0n) is 9.24. The number of amides is 1. The molecule has 0 atom stereocenters. The van der Waals surface area contributed by atoms with Crippen LogP contribution in [0.5, 0.6) is 0 Å². The van der Waals surface area contributed by atoms with E-state index in [1.165, 1.54) is 0 Å². The van der Waals surface area contributed by atoms with Crippen LogP contribution < -0.4 is 5.73 Å². The molecule has 0 aliphatic heterocycles. The fourth-order valence-corrected chi connectivity index (χ4v) is 1.81. The number of carbonyl (C=O) groups is 1. The first kappa shape index (κ1) is 10.4. The highest BCUT2D eigenvalue weighted by Gasteiger charge is 2.13. The SMILES string of the molecule is Cc1cnccc1-c1c[nH]c(C(N)=O)c1C. The summed E-state index contributed by atoms with van der Waals surface area (Å²) in [6.45, 7) is 3.87. The fraction of sp³-hybridized carbons (Fsp3) is 0.167. The van der Waals surface area contributed by atoms with E-state index in [2.05, 4.69) is 9.97 Å². The molecule has 2 heterocycles. The largest absolute Gasteiger partial charge is 0.364 e. The number of H-pyrrole nitrogens is 1. The third-order valence-electron chi connectivity index (χ3n) is 2.70. The third kappa shape index (κ3) is 1.58. The maximum Gasteiger partial charge on any atom is 0.265 e. The molecule has 0 saturated heterocycles. The van der Waals surface area contributed by atoms with E-state index in [9.17, 15) is 4.79 Å². The van der Waals surface area contributed by atoms with E-state index in [0.29, 0.717) is 5.69 Å². The normalized spacial score (nSPS) is 10.4. The summed E-state index contributed by atoms with van der Waals surface area (Å²) in [5.74, 6) is -0.435. The van der Waals surface area contributed by atoms with Crippen LogP contribution in [0.2, 0.25) is 0 Å². The number of rotatable bonds is 2. The summed E-state index contributed by atoms with van der Waals surface area (Å²) in [6, 6.07) is 1.93. The van der Waals surface area contributed by atoms with E-state index in [4.69, 9.17) is 5.73 Å². The number of carbonyl (C=O) groups excluding carboxylic acids is 1. The van der Waals surface area contributed by atoms with Crippen LogP contribution in [0.15, 0.2) is 24.7 Å². The lowest BCUT2D eigenvalue weighted by atomic mass is 10.0. The first-order valence-corrected chi connectivity index (χ1v) is 5.00. The zero-order valence-corrected chi connectivity index (χ0v) is 9.24. The van der Waals surface area contributed by atoms with Gasteiger partial charge in [0.2, 0.25) is 0 Å². The molecule has 0 spiro atoms. The molecule has 2 aromatic heterocycles. The van der Waals surface area contributed by atoms with Gasteiger partial charge in [0.1, 0.15) is 5.69 Å². The predicted octanol–water partition coefficient (Wildman–Crippen LogP) is 1.79. The van der Waals surface area contributed by atoms with Gasteiger partial charge < -0.3 is 10.7 Å². The average Bonchev–Trinajstić information content (AvgIpc) is 2.61. The van der Waals surface area contributed by atoms with Crippen molar-refractivity contribution < 1.29 is 4.79 Å². The Bertz CT molecular complexity index is 543. The van der Waals surface area contributed by atoms with Gasteiger partial charge in [-0.15, -0.1) is 0 Å². The van der Waals surface area contributed by atoms with Crippen LogP contribution in [0.3, 0.4) is 0 Å². The molecule has 1 amide bonds. The fourth-order valence-electron chi connectivity index (χ4n) is 1.81. The number of nitrogens with one attached hydrogen (secondary N) is 1. The highest BCUT2D eigenvalue weighted by molar-refractivity contribution is 5.95. The molecule has 16 heavy (non-hydrogen) atoms. The van der Waals surface area contributed by atoms with Gasteiger partial charge in [0, 0.05) is 24.2 Å².